The fraction of sp³-hybridized carbons (Fsp3) is 0.278. The van der Waals surface area contributed by atoms with Gasteiger partial charge in [-0.3, -0.25) is 9.89 Å². The number of nitrogens with zero attached hydrogens (tertiary/aromatic N) is 2. The van der Waals surface area contributed by atoms with E-state index in [0.29, 0.717) is 17.2 Å². The minimum absolute atomic E-state index is 0.0609. The number of nitrogens with one attached hydrogen (secondary N) is 3. The van der Waals surface area contributed by atoms with E-state index in [-0.39, 0.29) is 17.8 Å². The number of imidazole rings is 1. The minimum Gasteiger partial charge on any atom is -0.348 e. The fourth-order valence-corrected chi connectivity index (χ4v) is 3.21. The van der Waals surface area contributed by atoms with Crippen molar-refractivity contribution in [2.24, 2.45) is 0 Å². The molecule has 0 saturated carbocycles. The summed E-state index contributed by atoms with van der Waals surface area (Å²) in [4.78, 5) is 20.1. The zero-order chi connectivity index (χ0) is 17.4. The van der Waals surface area contributed by atoms with Crippen LogP contribution in [0, 0.1) is 12.7 Å². The number of halogens is 1. The van der Waals surface area contributed by atoms with Crippen LogP contribution in [-0.2, 0) is 12.8 Å². The maximum atomic E-state index is 13.1. The molecule has 25 heavy (non-hydrogen) atoms. The van der Waals surface area contributed by atoms with E-state index in [0.717, 1.165) is 30.5 Å². The van der Waals surface area contributed by atoms with Crippen molar-refractivity contribution in [1.82, 2.24) is 25.5 Å². The summed E-state index contributed by atoms with van der Waals surface area (Å²) >= 11 is 0. The van der Waals surface area contributed by atoms with Gasteiger partial charge in [-0.1, -0.05) is 0 Å². The maximum absolute atomic E-state index is 13.1. The van der Waals surface area contributed by atoms with Gasteiger partial charge in [-0.25, -0.2) is 9.37 Å². The van der Waals surface area contributed by atoms with Crippen molar-refractivity contribution in [1.29, 1.82) is 0 Å². The van der Waals surface area contributed by atoms with Gasteiger partial charge >= 0.3 is 0 Å². The van der Waals surface area contributed by atoms with E-state index in [1.807, 2.05) is 13.1 Å². The molecule has 3 aromatic rings. The van der Waals surface area contributed by atoms with E-state index in [1.165, 1.54) is 17.7 Å². The summed E-state index contributed by atoms with van der Waals surface area (Å²) in [6.45, 7) is 1.81. The number of H-pyrrole nitrogens is 2. The molecule has 2 aromatic heterocycles. The van der Waals surface area contributed by atoms with Crippen molar-refractivity contribution in [3.05, 3.63) is 58.9 Å². The summed E-state index contributed by atoms with van der Waals surface area (Å²) < 4.78 is 13.1. The summed E-state index contributed by atoms with van der Waals surface area (Å²) in [5.41, 5.74) is 4.11. The van der Waals surface area contributed by atoms with Crippen LogP contribution in [0.1, 0.15) is 33.9 Å². The molecule has 1 unspecified atom stereocenters. The molecule has 4 rings (SSSR count). The SMILES string of the molecule is Cc1[nH]c(-c2ccc(F)cc2)nc1C(=O)NC1CCc2cn[nH]c2C1. The molecule has 6 nitrogen and oxygen atoms in total. The Morgan fingerprint density at radius 3 is 2.92 bits per heavy atom. The largest absolute Gasteiger partial charge is 0.348 e. The average molecular weight is 339 g/mol. The molecule has 0 fully saturated rings. The minimum atomic E-state index is -0.305. The number of aromatic nitrogens is 4. The van der Waals surface area contributed by atoms with Gasteiger partial charge < -0.3 is 10.3 Å². The van der Waals surface area contributed by atoms with Gasteiger partial charge in [0, 0.05) is 29.4 Å². The van der Waals surface area contributed by atoms with Crippen LogP contribution in [-0.4, -0.2) is 32.1 Å². The first-order chi connectivity index (χ1) is 12.1. The Labute approximate surface area is 143 Å². The number of rotatable bonds is 3. The van der Waals surface area contributed by atoms with Crippen LogP contribution in [0.2, 0.25) is 0 Å². The highest BCUT2D eigenvalue weighted by molar-refractivity contribution is 5.94. The number of fused-ring (bicyclic) bond motifs is 1. The first-order valence-electron chi connectivity index (χ1n) is 8.24. The molecule has 1 atom stereocenters. The number of aryl methyl sites for hydroxylation is 2. The van der Waals surface area contributed by atoms with Crippen molar-refractivity contribution in [3.8, 4) is 11.4 Å². The quantitative estimate of drug-likeness (QED) is 0.685. The van der Waals surface area contributed by atoms with Crippen LogP contribution in [0.5, 0.6) is 0 Å². The Hall–Kier alpha value is -2.96. The predicted molar refractivity (Wildman–Crippen MR) is 90.6 cm³/mol. The van der Waals surface area contributed by atoms with E-state index in [9.17, 15) is 9.18 Å². The third kappa shape index (κ3) is 3.05. The molecule has 1 amide bonds. The lowest BCUT2D eigenvalue weighted by atomic mass is 9.93. The summed E-state index contributed by atoms with van der Waals surface area (Å²) in [6.07, 6.45) is 4.37. The summed E-state index contributed by atoms with van der Waals surface area (Å²) in [5.74, 6) is 0.0534. The molecule has 2 heterocycles. The maximum Gasteiger partial charge on any atom is 0.272 e. The third-order valence-electron chi connectivity index (χ3n) is 4.57. The summed E-state index contributed by atoms with van der Waals surface area (Å²) in [7, 11) is 0. The molecule has 1 aromatic carbocycles. The predicted octanol–water partition coefficient (Wildman–Crippen LogP) is 2.53. The van der Waals surface area contributed by atoms with Crippen LogP contribution in [0.15, 0.2) is 30.5 Å². The Morgan fingerprint density at radius 2 is 2.12 bits per heavy atom. The van der Waals surface area contributed by atoms with Gasteiger partial charge in [0.05, 0.1) is 6.20 Å². The summed E-state index contributed by atoms with van der Waals surface area (Å²) in [5, 5.41) is 10.1. The highest BCUT2D eigenvalue weighted by Crippen LogP contribution is 2.21. The van der Waals surface area contributed by atoms with Gasteiger partial charge in [-0.05, 0) is 49.6 Å². The van der Waals surface area contributed by atoms with Crippen LogP contribution in [0.4, 0.5) is 4.39 Å². The van der Waals surface area contributed by atoms with Gasteiger partial charge in [0.15, 0.2) is 0 Å². The average Bonchev–Trinajstić information content (AvgIpc) is 3.21. The van der Waals surface area contributed by atoms with E-state index < -0.39 is 0 Å². The second-order valence-electron chi connectivity index (χ2n) is 6.35. The highest BCUT2D eigenvalue weighted by atomic mass is 19.1. The van der Waals surface area contributed by atoms with Crippen molar-refractivity contribution >= 4 is 5.91 Å². The van der Waals surface area contributed by atoms with E-state index in [4.69, 9.17) is 0 Å². The van der Waals surface area contributed by atoms with Gasteiger partial charge in [0.25, 0.3) is 5.91 Å². The number of amides is 1. The van der Waals surface area contributed by atoms with Crippen molar-refractivity contribution < 1.29 is 9.18 Å². The third-order valence-corrected chi connectivity index (χ3v) is 4.57. The number of benzene rings is 1. The molecule has 0 radical (unpaired) electrons. The zero-order valence-corrected chi connectivity index (χ0v) is 13.8. The number of carbonyl (C=O) groups excluding carboxylic acids is 1. The standard InChI is InChI=1S/C18H18FN5O/c1-10-16(23-17(21-10)11-2-5-13(19)6-3-11)18(25)22-14-7-4-12-9-20-24-15(12)8-14/h2-3,5-6,9,14H,4,7-8H2,1H3,(H,20,24)(H,21,23)(H,22,25). The molecule has 0 saturated heterocycles. The first-order valence-corrected chi connectivity index (χ1v) is 8.24. The van der Waals surface area contributed by atoms with Crippen molar-refractivity contribution in [3.63, 3.8) is 0 Å². The monoisotopic (exact) mass is 339 g/mol. The molecular weight excluding hydrogens is 321 g/mol. The molecule has 7 heteroatoms. The lowest BCUT2D eigenvalue weighted by molar-refractivity contribution is 0.0928. The van der Waals surface area contributed by atoms with Crippen molar-refractivity contribution in [2.75, 3.05) is 0 Å². The lowest BCUT2D eigenvalue weighted by Gasteiger charge is -2.22. The molecule has 1 aliphatic carbocycles. The van der Waals surface area contributed by atoms with E-state index >= 15 is 0 Å². The second-order valence-corrected chi connectivity index (χ2v) is 6.35. The number of aromatic amines is 2. The molecule has 0 bridgehead atoms. The van der Waals surface area contributed by atoms with Crippen LogP contribution in [0.3, 0.4) is 0 Å². The first kappa shape index (κ1) is 15.6. The Kier molecular flexibility index (Phi) is 3.83. The molecule has 0 aliphatic heterocycles. The summed E-state index contributed by atoms with van der Waals surface area (Å²) in [6, 6.07) is 6.08. The van der Waals surface area contributed by atoms with Gasteiger partial charge in [-0.2, -0.15) is 5.10 Å². The molecule has 3 N–H and O–H groups in total. The van der Waals surface area contributed by atoms with Crippen LogP contribution < -0.4 is 5.32 Å². The number of hydrogen-bond donors (Lipinski definition) is 3. The Balaban J connectivity index is 1.50. The number of hydrogen-bond acceptors (Lipinski definition) is 3. The second kappa shape index (κ2) is 6.16. The van der Waals surface area contributed by atoms with Crippen molar-refractivity contribution in [2.45, 2.75) is 32.2 Å². The van der Waals surface area contributed by atoms with Gasteiger partial charge in [0.2, 0.25) is 0 Å². The lowest BCUT2D eigenvalue weighted by Crippen LogP contribution is -2.39. The smallest absolute Gasteiger partial charge is 0.272 e. The molecule has 0 spiro atoms. The normalized spacial score (nSPS) is 16.5. The number of carbonyl (C=O) groups is 1. The van der Waals surface area contributed by atoms with Gasteiger partial charge in [0.1, 0.15) is 17.3 Å². The molecule has 128 valence electrons. The molecular formula is C18H18FN5O. The fourth-order valence-electron chi connectivity index (χ4n) is 3.21. The van der Waals surface area contributed by atoms with Crippen LogP contribution >= 0.6 is 0 Å². The van der Waals surface area contributed by atoms with Gasteiger partial charge in [-0.15, -0.1) is 0 Å². The zero-order valence-electron chi connectivity index (χ0n) is 13.8. The topological polar surface area (TPSA) is 86.5 Å². The van der Waals surface area contributed by atoms with E-state index in [2.05, 4.69) is 25.5 Å². The van der Waals surface area contributed by atoms with Crippen LogP contribution in [0.25, 0.3) is 11.4 Å². The Bertz CT molecular complexity index is 912. The Morgan fingerprint density at radius 1 is 1.32 bits per heavy atom. The highest BCUT2D eigenvalue weighted by Gasteiger charge is 2.24. The van der Waals surface area contributed by atoms with E-state index in [1.54, 1.807) is 12.1 Å². The molecule has 1 aliphatic rings.